The van der Waals surface area contributed by atoms with Gasteiger partial charge >= 0.3 is 5.97 Å². The lowest BCUT2D eigenvalue weighted by Crippen LogP contribution is -2.05. The van der Waals surface area contributed by atoms with Crippen LogP contribution in [0.1, 0.15) is 28.4 Å². The Morgan fingerprint density at radius 1 is 1.47 bits per heavy atom. The van der Waals surface area contributed by atoms with Crippen LogP contribution in [0.15, 0.2) is 18.2 Å². The third kappa shape index (κ3) is 2.18. The molecule has 1 aromatic rings. The summed E-state index contributed by atoms with van der Waals surface area (Å²) in [5.41, 5.74) is 2.96. The Balaban J connectivity index is 3.46. The van der Waals surface area contributed by atoms with Crippen LogP contribution in [0.2, 0.25) is 0 Å². The summed E-state index contributed by atoms with van der Waals surface area (Å²) in [5, 5.41) is 12.0. The molecular formula is C12H15NO2. The summed E-state index contributed by atoms with van der Waals surface area (Å²) in [6, 6.07) is 3.44. The van der Waals surface area contributed by atoms with Crippen LogP contribution in [-0.2, 0) is 0 Å². The van der Waals surface area contributed by atoms with Crippen molar-refractivity contribution in [3.8, 4) is 0 Å². The van der Waals surface area contributed by atoms with Crippen LogP contribution >= 0.6 is 0 Å². The largest absolute Gasteiger partial charge is 0.478 e. The molecule has 0 saturated heterocycles. The normalized spacial score (nSPS) is 10.6. The van der Waals surface area contributed by atoms with E-state index in [-0.39, 0.29) is 0 Å². The lowest BCUT2D eigenvalue weighted by atomic mass is 10.0. The van der Waals surface area contributed by atoms with E-state index in [9.17, 15) is 4.79 Å². The highest BCUT2D eigenvalue weighted by Crippen LogP contribution is 2.25. The Morgan fingerprint density at radius 3 is 2.60 bits per heavy atom. The molecule has 0 spiro atoms. The molecule has 0 fully saturated rings. The summed E-state index contributed by atoms with van der Waals surface area (Å²) in [6.07, 6.45) is 3.81. The number of carbonyl (C=O) groups is 1. The minimum Gasteiger partial charge on any atom is -0.478 e. The molecule has 0 bridgehead atoms. The molecule has 1 rings (SSSR count). The number of hydrogen-bond donors (Lipinski definition) is 2. The summed E-state index contributed by atoms with van der Waals surface area (Å²) in [7, 11) is 1.73. The van der Waals surface area contributed by atoms with Gasteiger partial charge in [-0.25, -0.2) is 4.79 Å². The predicted octanol–water partition coefficient (Wildman–Crippen LogP) is 2.77. The lowest BCUT2D eigenvalue weighted by molar-refractivity contribution is 0.0698. The predicted molar refractivity (Wildman–Crippen MR) is 62.4 cm³/mol. The first-order chi connectivity index (χ1) is 7.11. The first-order valence-corrected chi connectivity index (χ1v) is 4.79. The summed E-state index contributed by atoms with van der Waals surface area (Å²) in [6.45, 7) is 3.87. The van der Waals surface area contributed by atoms with Crippen molar-refractivity contribution in [3.63, 3.8) is 0 Å². The van der Waals surface area contributed by atoms with Crippen molar-refractivity contribution in [2.75, 3.05) is 12.4 Å². The Morgan fingerprint density at radius 2 is 2.13 bits per heavy atom. The van der Waals surface area contributed by atoms with Gasteiger partial charge in [0, 0.05) is 12.6 Å². The second-order valence-electron chi connectivity index (χ2n) is 3.27. The number of aromatic carboxylic acids is 1. The van der Waals surface area contributed by atoms with E-state index in [1.807, 2.05) is 32.1 Å². The molecule has 0 aliphatic carbocycles. The van der Waals surface area contributed by atoms with E-state index in [1.165, 1.54) is 0 Å². The summed E-state index contributed by atoms with van der Waals surface area (Å²) >= 11 is 0. The van der Waals surface area contributed by atoms with Gasteiger partial charge in [0.05, 0.1) is 11.3 Å². The number of benzene rings is 1. The van der Waals surface area contributed by atoms with Crippen LogP contribution in [0.5, 0.6) is 0 Å². The second-order valence-corrected chi connectivity index (χ2v) is 3.27. The van der Waals surface area contributed by atoms with Crippen molar-refractivity contribution in [1.82, 2.24) is 0 Å². The maximum Gasteiger partial charge on any atom is 0.337 e. The number of nitrogens with one attached hydrogen (secondary N) is 1. The first-order valence-electron chi connectivity index (χ1n) is 4.79. The fourth-order valence-corrected chi connectivity index (χ4v) is 1.55. The molecule has 0 atom stereocenters. The highest BCUT2D eigenvalue weighted by atomic mass is 16.4. The van der Waals surface area contributed by atoms with Crippen molar-refractivity contribution < 1.29 is 9.90 Å². The molecule has 0 radical (unpaired) electrons. The van der Waals surface area contributed by atoms with Crippen LogP contribution in [-0.4, -0.2) is 18.1 Å². The number of hydrogen-bond acceptors (Lipinski definition) is 2. The second kappa shape index (κ2) is 4.64. The van der Waals surface area contributed by atoms with Crippen molar-refractivity contribution in [1.29, 1.82) is 0 Å². The number of allylic oxidation sites excluding steroid dienone is 1. The molecule has 3 heteroatoms. The molecule has 0 aliphatic rings. The molecule has 0 aliphatic heterocycles. The third-order valence-electron chi connectivity index (χ3n) is 2.28. The van der Waals surface area contributed by atoms with Gasteiger partial charge in [-0.15, -0.1) is 0 Å². The smallest absolute Gasteiger partial charge is 0.337 e. The summed E-state index contributed by atoms with van der Waals surface area (Å²) < 4.78 is 0. The van der Waals surface area contributed by atoms with Gasteiger partial charge in [-0.3, -0.25) is 0 Å². The molecule has 3 nitrogen and oxygen atoms in total. The van der Waals surface area contributed by atoms with E-state index in [4.69, 9.17) is 5.11 Å². The van der Waals surface area contributed by atoms with E-state index in [0.717, 1.165) is 11.1 Å². The number of carboxylic acid groups (broad SMARTS) is 1. The third-order valence-corrected chi connectivity index (χ3v) is 2.28. The van der Waals surface area contributed by atoms with E-state index < -0.39 is 5.97 Å². The van der Waals surface area contributed by atoms with Gasteiger partial charge in [-0.2, -0.15) is 0 Å². The Labute approximate surface area is 89.4 Å². The zero-order chi connectivity index (χ0) is 11.4. The molecule has 1 aromatic carbocycles. The van der Waals surface area contributed by atoms with Crippen molar-refractivity contribution in [2.24, 2.45) is 0 Å². The highest BCUT2D eigenvalue weighted by molar-refractivity contribution is 5.97. The molecule has 80 valence electrons. The lowest BCUT2D eigenvalue weighted by Gasteiger charge is -2.11. The topological polar surface area (TPSA) is 49.3 Å². The van der Waals surface area contributed by atoms with E-state index in [1.54, 1.807) is 13.1 Å². The molecular weight excluding hydrogens is 190 g/mol. The van der Waals surface area contributed by atoms with Gasteiger partial charge in [-0.05, 0) is 25.5 Å². The average molecular weight is 205 g/mol. The average Bonchev–Trinajstić information content (AvgIpc) is 2.20. The number of rotatable bonds is 3. The Bertz CT molecular complexity index is 408. The van der Waals surface area contributed by atoms with Crippen LogP contribution in [0.25, 0.3) is 6.08 Å². The Kier molecular flexibility index (Phi) is 3.50. The van der Waals surface area contributed by atoms with Crippen LogP contribution in [0, 0.1) is 6.92 Å². The van der Waals surface area contributed by atoms with Gasteiger partial charge in [0.25, 0.3) is 0 Å². The Hall–Kier alpha value is -1.77. The minimum atomic E-state index is -0.912. The van der Waals surface area contributed by atoms with Crippen molar-refractivity contribution in [3.05, 3.63) is 34.9 Å². The monoisotopic (exact) mass is 205 g/mol. The van der Waals surface area contributed by atoms with Gasteiger partial charge < -0.3 is 10.4 Å². The van der Waals surface area contributed by atoms with Crippen molar-refractivity contribution in [2.45, 2.75) is 13.8 Å². The van der Waals surface area contributed by atoms with Crippen LogP contribution in [0.3, 0.4) is 0 Å². The van der Waals surface area contributed by atoms with Gasteiger partial charge in [0.1, 0.15) is 0 Å². The van der Waals surface area contributed by atoms with E-state index >= 15 is 0 Å². The maximum absolute atomic E-state index is 11.0. The zero-order valence-electron chi connectivity index (χ0n) is 9.16. The van der Waals surface area contributed by atoms with E-state index in [0.29, 0.717) is 11.3 Å². The van der Waals surface area contributed by atoms with Crippen molar-refractivity contribution >= 4 is 17.7 Å². The highest BCUT2D eigenvalue weighted by Gasteiger charge is 2.12. The quantitative estimate of drug-likeness (QED) is 0.797. The van der Waals surface area contributed by atoms with E-state index in [2.05, 4.69) is 5.32 Å². The fraction of sp³-hybridized carbons (Fsp3) is 0.250. The van der Waals surface area contributed by atoms with Gasteiger partial charge in [0.15, 0.2) is 0 Å². The SMILES string of the molecule is C/C=C\c1c(C)ccc(C(=O)O)c1NC. The molecule has 0 unspecified atom stereocenters. The molecule has 0 heterocycles. The number of anilines is 1. The van der Waals surface area contributed by atoms with Gasteiger partial charge in [0.2, 0.25) is 0 Å². The standard InChI is InChI=1S/C12H15NO2/c1-4-5-9-8(2)6-7-10(12(14)15)11(9)13-3/h4-7,13H,1-3H3,(H,14,15)/b5-4-. The summed E-state index contributed by atoms with van der Waals surface area (Å²) in [5.74, 6) is -0.912. The number of aryl methyl sites for hydroxylation is 1. The molecule has 0 saturated carbocycles. The van der Waals surface area contributed by atoms with Crippen LogP contribution in [0.4, 0.5) is 5.69 Å². The van der Waals surface area contributed by atoms with Gasteiger partial charge in [-0.1, -0.05) is 18.2 Å². The molecule has 0 aromatic heterocycles. The molecule has 15 heavy (non-hydrogen) atoms. The zero-order valence-corrected chi connectivity index (χ0v) is 9.16. The summed E-state index contributed by atoms with van der Waals surface area (Å²) in [4.78, 5) is 11.0. The van der Waals surface area contributed by atoms with Crippen LogP contribution < -0.4 is 5.32 Å². The molecule has 0 amide bonds. The molecule has 2 N–H and O–H groups in total. The number of carboxylic acids is 1. The maximum atomic E-state index is 11.0. The minimum absolute atomic E-state index is 0.302. The first kappa shape index (κ1) is 11.3. The fourth-order valence-electron chi connectivity index (χ4n) is 1.55.